The van der Waals surface area contributed by atoms with Crippen LogP contribution in [0, 0.1) is 5.92 Å². The van der Waals surface area contributed by atoms with Crippen LogP contribution in [0.25, 0.3) is 16.9 Å². The molecule has 2 unspecified atom stereocenters. The van der Waals surface area contributed by atoms with Gasteiger partial charge in [-0.25, -0.2) is 0 Å². The lowest BCUT2D eigenvalue weighted by molar-refractivity contribution is 0.0288. The lowest BCUT2D eigenvalue weighted by Gasteiger charge is -2.25. The molecule has 0 saturated heterocycles. The van der Waals surface area contributed by atoms with Crippen LogP contribution in [0.2, 0.25) is 0 Å². The van der Waals surface area contributed by atoms with Crippen molar-refractivity contribution in [2.24, 2.45) is 10.9 Å². The monoisotopic (exact) mass is 365 g/mol. The molecular formula is C18H13F2N7. The summed E-state index contributed by atoms with van der Waals surface area (Å²) >= 11 is 0. The summed E-state index contributed by atoms with van der Waals surface area (Å²) in [7, 11) is 0. The standard InChI is InChI=1S/C18H13F2N7/c19-18(20,13-3-4-14-11(8-13)2-1-7-21-14)17-25-24-16-6-5-15(26-27(16)17)12-9-22-23-10-12/h1-11,14H,(H,22,23). The van der Waals surface area contributed by atoms with Gasteiger partial charge in [-0.05, 0) is 18.2 Å². The molecule has 0 radical (unpaired) electrons. The Morgan fingerprint density at radius 1 is 1.15 bits per heavy atom. The number of aromatic amines is 1. The fraction of sp³-hybridized carbons (Fsp3) is 0.167. The maximum Gasteiger partial charge on any atom is 0.333 e. The van der Waals surface area contributed by atoms with Gasteiger partial charge in [0.15, 0.2) is 5.65 Å². The maximum absolute atomic E-state index is 15.3. The number of fused-ring (bicyclic) bond motifs is 2. The highest BCUT2D eigenvalue weighted by atomic mass is 19.3. The Morgan fingerprint density at radius 3 is 2.93 bits per heavy atom. The third-order valence-electron chi connectivity index (χ3n) is 4.62. The molecule has 0 bridgehead atoms. The third-order valence-corrected chi connectivity index (χ3v) is 4.62. The van der Waals surface area contributed by atoms with Crippen molar-refractivity contribution in [1.82, 2.24) is 30.0 Å². The second-order valence-corrected chi connectivity index (χ2v) is 6.31. The SMILES string of the molecule is FC(F)(C1=CC2C=CC=NC2C=C1)c1nnc2ccc(-c3cn[nH]c3)nn12. The van der Waals surface area contributed by atoms with Crippen molar-refractivity contribution in [1.29, 1.82) is 0 Å². The Bertz CT molecular complexity index is 1120. The van der Waals surface area contributed by atoms with Crippen molar-refractivity contribution in [3.8, 4) is 11.3 Å². The molecule has 9 heteroatoms. The van der Waals surface area contributed by atoms with Crippen LogP contribution < -0.4 is 0 Å². The summed E-state index contributed by atoms with van der Waals surface area (Å²) in [4.78, 5) is 4.28. The zero-order chi connectivity index (χ0) is 18.4. The maximum atomic E-state index is 15.3. The third kappa shape index (κ3) is 2.50. The first-order valence-electron chi connectivity index (χ1n) is 8.33. The van der Waals surface area contributed by atoms with Crippen molar-refractivity contribution >= 4 is 11.9 Å². The zero-order valence-corrected chi connectivity index (χ0v) is 13.9. The van der Waals surface area contributed by atoms with Crippen LogP contribution in [0.15, 0.2) is 65.5 Å². The Balaban J connectivity index is 1.59. The van der Waals surface area contributed by atoms with E-state index in [9.17, 15) is 0 Å². The molecule has 3 aromatic heterocycles. The molecule has 1 N–H and O–H groups in total. The van der Waals surface area contributed by atoms with Gasteiger partial charge >= 0.3 is 5.92 Å². The van der Waals surface area contributed by atoms with Gasteiger partial charge < -0.3 is 0 Å². The minimum absolute atomic E-state index is 0.143. The Labute approximate surface area is 151 Å². The summed E-state index contributed by atoms with van der Waals surface area (Å²) in [5.41, 5.74) is 1.28. The second kappa shape index (κ2) is 5.76. The molecule has 0 amide bonds. The van der Waals surface area contributed by atoms with Gasteiger partial charge in [-0.2, -0.15) is 23.5 Å². The number of rotatable bonds is 3. The number of hydrogen-bond donors (Lipinski definition) is 1. The fourth-order valence-corrected chi connectivity index (χ4v) is 3.21. The van der Waals surface area contributed by atoms with E-state index in [1.54, 1.807) is 42.9 Å². The van der Waals surface area contributed by atoms with Crippen LogP contribution >= 0.6 is 0 Å². The number of aliphatic imine (C=N–C) groups is 1. The number of hydrogen-bond acceptors (Lipinski definition) is 5. The fourth-order valence-electron chi connectivity index (χ4n) is 3.21. The Hall–Kier alpha value is -3.49. The highest BCUT2D eigenvalue weighted by Gasteiger charge is 2.42. The largest absolute Gasteiger partial charge is 0.333 e. The summed E-state index contributed by atoms with van der Waals surface area (Å²) in [5.74, 6) is -4.08. The summed E-state index contributed by atoms with van der Waals surface area (Å²) in [6, 6.07) is 3.14. The van der Waals surface area contributed by atoms with Gasteiger partial charge in [0.2, 0.25) is 5.82 Å². The van der Waals surface area contributed by atoms with Crippen LogP contribution in [0.1, 0.15) is 5.82 Å². The molecule has 0 aromatic carbocycles. The topological polar surface area (TPSA) is 84.1 Å². The molecule has 2 atom stereocenters. The number of allylic oxidation sites excluding steroid dienone is 3. The molecule has 3 aromatic rings. The van der Waals surface area contributed by atoms with Crippen molar-refractivity contribution in [2.45, 2.75) is 12.0 Å². The summed E-state index contributed by atoms with van der Waals surface area (Å²) < 4.78 is 31.6. The molecular weight excluding hydrogens is 352 g/mol. The van der Waals surface area contributed by atoms with Gasteiger partial charge in [0.05, 0.1) is 17.9 Å². The smallest absolute Gasteiger partial charge is 0.285 e. The summed E-state index contributed by atoms with van der Waals surface area (Å²) in [6.07, 6.45) is 13.1. The predicted molar refractivity (Wildman–Crippen MR) is 94.4 cm³/mol. The van der Waals surface area contributed by atoms with Crippen molar-refractivity contribution in [3.05, 3.63) is 66.3 Å². The minimum Gasteiger partial charge on any atom is -0.285 e. The number of nitrogens with zero attached hydrogens (tertiary/aromatic N) is 6. The van der Waals surface area contributed by atoms with Crippen LogP contribution in [0.3, 0.4) is 0 Å². The molecule has 7 nitrogen and oxygen atoms in total. The first-order chi connectivity index (χ1) is 13.1. The van der Waals surface area contributed by atoms with Crippen LogP contribution in [0.5, 0.6) is 0 Å². The summed E-state index contributed by atoms with van der Waals surface area (Å²) in [5, 5.41) is 18.4. The summed E-state index contributed by atoms with van der Waals surface area (Å²) in [6.45, 7) is 0. The van der Waals surface area contributed by atoms with E-state index < -0.39 is 11.7 Å². The lowest BCUT2D eigenvalue weighted by Crippen LogP contribution is -2.26. The number of nitrogens with one attached hydrogen (secondary N) is 1. The molecule has 27 heavy (non-hydrogen) atoms. The van der Waals surface area contributed by atoms with E-state index in [2.05, 4.69) is 30.5 Å². The second-order valence-electron chi connectivity index (χ2n) is 6.31. The number of H-pyrrole nitrogens is 1. The van der Waals surface area contributed by atoms with Gasteiger partial charge in [0.25, 0.3) is 0 Å². The van der Waals surface area contributed by atoms with Crippen molar-refractivity contribution in [2.75, 3.05) is 0 Å². The van der Waals surface area contributed by atoms with Gasteiger partial charge in [-0.3, -0.25) is 10.1 Å². The van der Waals surface area contributed by atoms with Gasteiger partial charge in [0.1, 0.15) is 0 Å². The van der Waals surface area contributed by atoms with Gasteiger partial charge in [0, 0.05) is 29.5 Å². The number of halogens is 2. The molecule has 4 heterocycles. The minimum atomic E-state index is -3.35. The molecule has 1 aliphatic heterocycles. The normalized spacial score (nSPS) is 21.5. The highest BCUT2D eigenvalue weighted by Crippen LogP contribution is 2.39. The molecule has 0 saturated carbocycles. The van der Waals surface area contributed by atoms with E-state index in [1.165, 1.54) is 12.2 Å². The molecule has 0 fully saturated rings. The number of dihydropyridines is 1. The van der Waals surface area contributed by atoms with Crippen molar-refractivity contribution < 1.29 is 8.78 Å². The molecule has 1 aliphatic carbocycles. The average Bonchev–Trinajstić information content (AvgIpc) is 3.37. The zero-order valence-electron chi connectivity index (χ0n) is 13.9. The molecule has 0 spiro atoms. The van der Waals surface area contributed by atoms with Crippen LogP contribution in [-0.2, 0) is 5.92 Å². The van der Waals surface area contributed by atoms with E-state index >= 15 is 8.78 Å². The average molecular weight is 365 g/mol. The molecule has 134 valence electrons. The van der Waals surface area contributed by atoms with Gasteiger partial charge in [-0.1, -0.05) is 24.3 Å². The number of alkyl halides is 2. The van der Waals surface area contributed by atoms with E-state index in [0.717, 1.165) is 4.52 Å². The predicted octanol–water partition coefficient (Wildman–Crippen LogP) is 2.73. The first-order valence-corrected chi connectivity index (χ1v) is 8.33. The van der Waals surface area contributed by atoms with Crippen LogP contribution in [0.4, 0.5) is 8.78 Å². The Kier molecular flexibility index (Phi) is 3.36. The van der Waals surface area contributed by atoms with Crippen molar-refractivity contribution in [3.63, 3.8) is 0 Å². The van der Waals surface area contributed by atoms with E-state index in [0.29, 0.717) is 11.3 Å². The lowest BCUT2D eigenvalue weighted by atomic mass is 9.88. The van der Waals surface area contributed by atoms with E-state index in [-0.39, 0.29) is 23.2 Å². The molecule has 5 rings (SSSR count). The van der Waals surface area contributed by atoms with E-state index in [1.807, 2.05) is 6.08 Å². The quantitative estimate of drug-likeness (QED) is 0.773. The number of aromatic nitrogens is 6. The van der Waals surface area contributed by atoms with Crippen LogP contribution in [-0.4, -0.2) is 42.3 Å². The first kappa shape index (κ1) is 15.7. The van der Waals surface area contributed by atoms with Gasteiger partial charge in [-0.15, -0.1) is 10.2 Å². The highest BCUT2D eigenvalue weighted by molar-refractivity contribution is 5.73. The van der Waals surface area contributed by atoms with E-state index in [4.69, 9.17) is 0 Å². The Morgan fingerprint density at radius 2 is 2.07 bits per heavy atom. The molecule has 2 aliphatic rings.